The van der Waals surface area contributed by atoms with Crippen molar-refractivity contribution < 1.29 is 142 Å². The SMILES string of the molecule is C=CCOC(=O)N[C@H](C(=O)N[C@@H](C)C(=O)Nc1ccc(COC(=O)Nc2cc(OCCCCCOc3cc(NC(=O)OCc4ccc(O[C@@H]5O[C@H](C(=O)OCC=C)[C@@H](OC(=O)OCC=C)[C@H](OC(=O)OCC=C)[C@H]5OC(=O)OCC=C)c([N+](=O)[O-])c4)c(C(=O)N4C=C(C)C[C@H]4CO[Si](C)(C)C(C)(C)C)cc3OC)c(OC)cc2C(=O)N2C=C(C)C[C@H]2CO[Si](C)(C)C(C)(C)C)cc1)C(C)C. The maximum atomic E-state index is 15.2. The van der Waals surface area contributed by atoms with Crippen LogP contribution < -0.4 is 50.3 Å². The van der Waals surface area contributed by atoms with E-state index in [0.717, 1.165) is 23.3 Å². The number of nitro groups is 1. The number of esters is 1. The first kappa shape index (κ1) is 109. The molecule has 0 unspecified atom stereocenters. The number of hydrogen-bond donors (Lipinski definition) is 5. The van der Waals surface area contributed by atoms with Crippen LogP contribution in [0.2, 0.25) is 36.3 Å². The van der Waals surface area contributed by atoms with Gasteiger partial charge in [-0.05, 0) is 137 Å². The van der Waals surface area contributed by atoms with Crippen molar-refractivity contribution in [2.45, 2.75) is 213 Å². The van der Waals surface area contributed by atoms with Gasteiger partial charge < -0.3 is 110 Å². The molecule has 1 fully saturated rings. The second kappa shape index (κ2) is 50.7. The van der Waals surface area contributed by atoms with Crippen LogP contribution in [0.4, 0.5) is 51.5 Å². The summed E-state index contributed by atoms with van der Waals surface area (Å²) in [5, 5.41) is 26.1. The molecule has 1 saturated heterocycles. The second-order valence-corrected chi connectivity index (χ2v) is 44.6. The molecular formula is C94H126N8O31Si2. The van der Waals surface area contributed by atoms with E-state index in [-0.39, 0.29) is 113 Å². The topological polar surface area (TPSA) is 464 Å². The average Bonchev–Trinajstić information content (AvgIpc) is 1.49. The van der Waals surface area contributed by atoms with Crippen LogP contribution in [0.15, 0.2) is 154 Å². The summed E-state index contributed by atoms with van der Waals surface area (Å²) in [6, 6.07) is 12.5. The highest BCUT2D eigenvalue weighted by Crippen LogP contribution is 2.43. The van der Waals surface area contributed by atoms with Crippen LogP contribution in [0.5, 0.6) is 28.7 Å². The van der Waals surface area contributed by atoms with Crippen LogP contribution in [0.25, 0.3) is 0 Å². The maximum absolute atomic E-state index is 15.2. The molecule has 3 heterocycles. The molecule has 4 aromatic carbocycles. The highest BCUT2D eigenvalue weighted by atomic mass is 28.4. The molecule has 0 spiro atoms. The van der Waals surface area contributed by atoms with Crippen molar-refractivity contribution in [3.05, 3.63) is 186 Å². The number of rotatable bonds is 47. The number of hydrogen-bond acceptors (Lipinski definition) is 31. The highest BCUT2D eigenvalue weighted by Gasteiger charge is 2.58. The number of nitrogens with zero attached hydrogens (tertiary/aromatic N) is 3. The number of ether oxygens (including phenoxy) is 16. The molecular weight excluding hydrogens is 1790 g/mol. The van der Waals surface area contributed by atoms with E-state index in [4.69, 9.17) is 84.6 Å². The van der Waals surface area contributed by atoms with Crippen molar-refractivity contribution in [1.82, 2.24) is 20.4 Å². The summed E-state index contributed by atoms with van der Waals surface area (Å²) in [7, 11) is -1.87. The third-order valence-electron chi connectivity index (χ3n) is 22.3. The van der Waals surface area contributed by atoms with Crippen molar-refractivity contribution >= 4 is 106 Å². The fourth-order valence-corrected chi connectivity index (χ4v) is 15.1. The standard InChI is InChI=1S/C94H126N8O31Si2/c1-23-37-120-85(107)79-77(131-90(111)122-39-25-3)78(132-91(112)123-40-26-4)80(133-92(113)124-41-27-5)86(130-79)129-71-36-33-62(46-70(71)102(114)115)54-126-88(109)98-69-50-75(73(117-18)48-67(69)84(106)101-52-59(9)45-65(101)56-128-135(21,22)94(14,15)16)119-43-30-28-29-42-118-74-49-68(66(47-72(74)116-17)83(105)100-51-58(8)44-64(100)55-127-134(19,20)93(11,12)13)97-87(108)125-53-61-31-34-63(35-32-61)96-81(103)60(10)95-82(104)76(57(6)7)99-89(110)121-38-24-2/h23-27,31-36,46-52,57,60,64-65,76-80,86H,1-5,28-30,37-45,53-56H2,6-22H3,(H,95,104)(H,96,103)(H,97,108)(H,98,109)(H,99,110)/t60-,64-,65-,76-,77-,78-,79-,80+,86+/m0/s1. The molecule has 4 aromatic rings. The molecule has 0 saturated carbocycles. The van der Waals surface area contributed by atoms with Crippen molar-refractivity contribution in [3.63, 3.8) is 0 Å². The number of methoxy groups -OCH3 is 2. The number of anilines is 3. The lowest BCUT2D eigenvalue weighted by atomic mass is 9.98. The number of carbonyl (C=O) groups excluding carboxylic acids is 11. The predicted octanol–water partition coefficient (Wildman–Crippen LogP) is 16.4. The fourth-order valence-electron chi connectivity index (χ4n) is 13.0. The minimum atomic E-state index is -2.36. The van der Waals surface area contributed by atoms with Crippen molar-refractivity contribution in [2.24, 2.45) is 5.92 Å². The van der Waals surface area contributed by atoms with Gasteiger partial charge in [0.2, 0.25) is 24.2 Å². The number of amides is 7. The zero-order chi connectivity index (χ0) is 99.8. The van der Waals surface area contributed by atoms with Crippen LogP contribution in [0.3, 0.4) is 0 Å². The largest absolute Gasteiger partial charge is 0.509 e. The average molecular weight is 1920 g/mol. The van der Waals surface area contributed by atoms with E-state index in [1.54, 1.807) is 55.4 Å². The first-order valence-corrected chi connectivity index (χ1v) is 49.4. The van der Waals surface area contributed by atoms with Crippen LogP contribution >= 0.6 is 0 Å². The lowest BCUT2D eigenvalue weighted by Crippen LogP contribution is -2.64. The van der Waals surface area contributed by atoms with Gasteiger partial charge in [-0.15, -0.1) is 0 Å². The molecule has 5 N–H and O–H groups in total. The molecule has 3 aliphatic heterocycles. The zero-order valence-electron chi connectivity index (χ0n) is 79.5. The fraction of sp³-hybridized carbons (Fsp3) is 0.479. The Hall–Kier alpha value is -13.3. The van der Waals surface area contributed by atoms with E-state index in [9.17, 15) is 53.3 Å². The number of nitro benzene ring substituents is 1. The first-order chi connectivity index (χ1) is 63.8. The summed E-state index contributed by atoms with van der Waals surface area (Å²) < 4.78 is 103. The van der Waals surface area contributed by atoms with Gasteiger partial charge in [0.05, 0.1) is 80.2 Å². The van der Waals surface area contributed by atoms with Gasteiger partial charge in [-0.3, -0.25) is 39.9 Å². The summed E-state index contributed by atoms with van der Waals surface area (Å²) in [5.74, 6) is -4.00. The second-order valence-electron chi connectivity index (χ2n) is 35.0. The molecule has 736 valence electrons. The summed E-state index contributed by atoms with van der Waals surface area (Å²) in [5.41, 5.74) is 1.70. The van der Waals surface area contributed by atoms with Crippen LogP contribution in [0, 0.1) is 16.0 Å². The molecule has 41 heteroatoms. The molecule has 135 heavy (non-hydrogen) atoms. The van der Waals surface area contributed by atoms with E-state index in [2.05, 4.69) is 127 Å². The summed E-state index contributed by atoms with van der Waals surface area (Å²) in [6.45, 7) is 45.1. The molecule has 0 radical (unpaired) electrons. The molecule has 0 aliphatic carbocycles. The Bertz CT molecular complexity index is 4980. The van der Waals surface area contributed by atoms with E-state index < -0.39 is 181 Å². The maximum Gasteiger partial charge on any atom is 0.509 e. The lowest BCUT2D eigenvalue weighted by molar-refractivity contribution is -0.387. The molecule has 0 aromatic heterocycles. The van der Waals surface area contributed by atoms with Crippen LogP contribution in [0.1, 0.15) is 140 Å². The normalized spacial score (nSPS) is 17.4. The third-order valence-corrected chi connectivity index (χ3v) is 31.3. The minimum absolute atomic E-state index is 0.0302. The Balaban J connectivity index is 1.11. The van der Waals surface area contributed by atoms with Gasteiger partial charge in [-0.25, -0.2) is 33.6 Å². The molecule has 9 atom stereocenters. The van der Waals surface area contributed by atoms with Gasteiger partial charge in [0.15, 0.2) is 63.7 Å². The van der Waals surface area contributed by atoms with Gasteiger partial charge in [0.25, 0.3) is 11.8 Å². The summed E-state index contributed by atoms with van der Waals surface area (Å²) in [4.78, 5) is 166. The van der Waals surface area contributed by atoms with E-state index in [1.165, 1.54) is 86.8 Å². The Labute approximate surface area is 787 Å². The van der Waals surface area contributed by atoms with Crippen molar-refractivity contribution in [3.8, 4) is 28.7 Å². The van der Waals surface area contributed by atoms with E-state index in [1.807, 2.05) is 13.8 Å². The molecule has 7 rings (SSSR count). The first-order valence-electron chi connectivity index (χ1n) is 43.6. The van der Waals surface area contributed by atoms with E-state index >= 15 is 9.59 Å². The van der Waals surface area contributed by atoms with Gasteiger partial charge in [-0.2, -0.15) is 0 Å². The molecule has 3 aliphatic rings. The number of benzene rings is 4. The van der Waals surface area contributed by atoms with Gasteiger partial charge in [0.1, 0.15) is 58.3 Å². The Kier molecular flexibility index (Phi) is 40.9. The highest BCUT2D eigenvalue weighted by molar-refractivity contribution is 6.74. The minimum Gasteiger partial charge on any atom is -0.493 e. The zero-order valence-corrected chi connectivity index (χ0v) is 81.5. The van der Waals surface area contributed by atoms with E-state index in [0.29, 0.717) is 43.4 Å². The molecule has 7 amide bonds. The third kappa shape index (κ3) is 31.7. The molecule has 39 nitrogen and oxygen atoms in total. The van der Waals surface area contributed by atoms with Gasteiger partial charge in [0, 0.05) is 36.3 Å². The van der Waals surface area contributed by atoms with Crippen LogP contribution in [-0.4, -0.2) is 226 Å². The number of nitrogens with one attached hydrogen (secondary N) is 5. The summed E-state index contributed by atoms with van der Waals surface area (Å²) >= 11 is 0. The monoisotopic (exact) mass is 1920 g/mol. The predicted molar refractivity (Wildman–Crippen MR) is 500 cm³/mol. The Morgan fingerprint density at radius 2 is 0.956 bits per heavy atom. The van der Waals surface area contributed by atoms with Gasteiger partial charge >= 0.3 is 48.4 Å². The quantitative estimate of drug-likeness (QED) is 0.00521. The number of alkyl carbamates (subject to hydrolysis) is 1. The Morgan fingerprint density at radius 3 is 1.40 bits per heavy atom. The van der Waals surface area contributed by atoms with Gasteiger partial charge in [-0.1, -0.05) is 148 Å². The number of carbonyl (C=O) groups is 11. The smallest absolute Gasteiger partial charge is 0.493 e. The molecule has 0 bridgehead atoms. The summed E-state index contributed by atoms with van der Waals surface area (Å²) in [6.07, 6.45) is -6.40. The van der Waals surface area contributed by atoms with Crippen molar-refractivity contribution in [2.75, 3.05) is 89.6 Å². The van der Waals surface area contributed by atoms with Crippen LogP contribution in [-0.2, 0) is 88.6 Å². The number of unbranched alkanes of at least 4 members (excludes halogenated alkanes) is 2. The van der Waals surface area contributed by atoms with Crippen molar-refractivity contribution in [1.29, 1.82) is 0 Å². The lowest BCUT2D eigenvalue weighted by Gasteiger charge is -2.42. The Morgan fingerprint density at radius 1 is 0.519 bits per heavy atom.